The Labute approximate surface area is 258 Å². The molecule has 1 saturated heterocycles. The lowest BCUT2D eigenvalue weighted by atomic mass is 10.1. The highest BCUT2D eigenvalue weighted by molar-refractivity contribution is 8.00. The summed E-state index contributed by atoms with van der Waals surface area (Å²) in [5, 5.41) is 20.2. The van der Waals surface area contributed by atoms with Crippen molar-refractivity contribution in [3.8, 4) is 24.2 Å². The van der Waals surface area contributed by atoms with Gasteiger partial charge < -0.3 is 19.5 Å². The number of sulfone groups is 1. The molecular weight excluding hydrogens is 614 g/mol. The van der Waals surface area contributed by atoms with Gasteiger partial charge in [0.25, 0.3) is 5.91 Å². The first-order chi connectivity index (χ1) is 20.5. The van der Waals surface area contributed by atoms with E-state index in [9.17, 15) is 27.9 Å². The van der Waals surface area contributed by atoms with Gasteiger partial charge in [-0.25, -0.2) is 8.42 Å². The molecule has 2 amide bonds. The van der Waals surface area contributed by atoms with Gasteiger partial charge in [-0.3, -0.25) is 14.4 Å². The smallest absolute Gasteiger partial charge is 0.315 e. The molecule has 11 nitrogen and oxygen atoms in total. The Morgan fingerprint density at radius 1 is 1.28 bits per heavy atom. The fourth-order valence-electron chi connectivity index (χ4n) is 4.96. The molecule has 2 aliphatic rings. The number of rotatable bonds is 9. The third kappa shape index (κ3) is 6.96. The second-order valence-electron chi connectivity index (χ2n) is 9.85. The van der Waals surface area contributed by atoms with E-state index in [4.69, 9.17) is 23.3 Å². The van der Waals surface area contributed by atoms with Crippen LogP contribution >= 0.6 is 23.4 Å². The zero-order chi connectivity index (χ0) is 31.3. The maximum absolute atomic E-state index is 13.5. The minimum Gasteiger partial charge on any atom is -0.501 e. The maximum atomic E-state index is 13.5. The van der Waals surface area contributed by atoms with Crippen LogP contribution in [0.25, 0.3) is 0 Å². The molecule has 14 heteroatoms. The number of terminal acetylenes is 1. The number of carbonyl (C=O) groups excluding carboxylic acids is 2. The third-order valence-electron chi connectivity index (χ3n) is 7.08. The number of hydrogen-bond acceptors (Lipinski definition) is 9. The number of nitrogens with zero attached hydrogens (tertiary/aromatic N) is 5. The summed E-state index contributed by atoms with van der Waals surface area (Å²) in [4.78, 5) is 46.9. The number of amides is 2. The molecule has 3 heterocycles. The van der Waals surface area contributed by atoms with Crippen LogP contribution in [0.1, 0.15) is 42.1 Å². The summed E-state index contributed by atoms with van der Waals surface area (Å²) in [6.07, 6.45) is 8.63. The fraction of sp³-hybridized carbons (Fsp3) is 0.345. The Balaban J connectivity index is 1.56. The highest BCUT2D eigenvalue weighted by Crippen LogP contribution is 2.35. The van der Waals surface area contributed by atoms with Crippen LogP contribution in [0.3, 0.4) is 0 Å². The summed E-state index contributed by atoms with van der Waals surface area (Å²) in [5.41, 5.74) is -1.17. The van der Waals surface area contributed by atoms with Gasteiger partial charge in [-0.2, -0.15) is 10.2 Å². The van der Waals surface area contributed by atoms with Crippen LogP contribution in [0, 0.1) is 23.7 Å². The van der Waals surface area contributed by atoms with Crippen molar-refractivity contribution >= 4 is 45.0 Å². The van der Waals surface area contributed by atoms with Crippen molar-refractivity contribution in [3.05, 3.63) is 73.8 Å². The lowest BCUT2D eigenvalue weighted by Gasteiger charge is -2.33. The van der Waals surface area contributed by atoms with E-state index in [0.717, 1.165) is 17.0 Å². The molecule has 0 bridgehead atoms. The first-order valence-corrected chi connectivity index (χ1v) is 16.3. The van der Waals surface area contributed by atoms with E-state index in [0.29, 0.717) is 24.4 Å². The maximum Gasteiger partial charge on any atom is 0.315 e. The molecule has 1 aromatic carbocycles. The monoisotopic (exact) mass is 641 g/mol. The first kappa shape index (κ1) is 31.9. The molecule has 0 aliphatic carbocycles. The third-order valence-corrected chi connectivity index (χ3v) is 10.3. The van der Waals surface area contributed by atoms with Gasteiger partial charge in [0.05, 0.1) is 33.5 Å². The Morgan fingerprint density at radius 3 is 2.72 bits per heavy atom. The molecule has 2 aliphatic heterocycles. The van der Waals surface area contributed by atoms with E-state index < -0.39 is 38.8 Å². The van der Waals surface area contributed by atoms with Crippen molar-refractivity contribution in [2.24, 2.45) is 0 Å². The van der Waals surface area contributed by atoms with E-state index in [1.807, 2.05) is 18.2 Å². The highest BCUT2D eigenvalue weighted by atomic mass is 35.5. The summed E-state index contributed by atoms with van der Waals surface area (Å²) >= 11 is 7.52. The van der Waals surface area contributed by atoms with Crippen LogP contribution in [0.15, 0.2) is 56.6 Å². The molecule has 1 atom stereocenters. The minimum atomic E-state index is -3.98. The van der Waals surface area contributed by atoms with Crippen molar-refractivity contribution in [1.82, 2.24) is 19.4 Å². The molecule has 1 N–H and O–H groups in total. The van der Waals surface area contributed by atoms with Crippen molar-refractivity contribution in [2.75, 3.05) is 31.1 Å². The number of thioether (sulfide) groups is 1. The predicted octanol–water partition coefficient (Wildman–Crippen LogP) is 2.92. The molecule has 0 radical (unpaired) electrons. The number of fused-ring (bicyclic) bond motifs is 1. The molecule has 0 unspecified atom stereocenters. The average Bonchev–Trinajstić information content (AvgIpc) is 3.47. The van der Waals surface area contributed by atoms with Crippen LogP contribution in [-0.2, 0) is 21.2 Å². The van der Waals surface area contributed by atoms with Gasteiger partial charge >= 0.3 is 5.56 Å². The lowest BCUT2D eigenvalue weighted by molar-refractivity contribution is -0.129. The van der Waals surface area contributed by atoms with E-state index >= 15 is 0 Å². The van der Waals surface area contributed by atoms with Crippen molar-refractivity contribution in [2.45, 2.75) is 37.2 Å². The molecular formula is C29H28ClN5O6S2. The van der Waals surface area contributed by atoms with Gasteiger partial charge in [-0.05, 0) is 38.0 Å². The molecule has 2 aromatic rings. The number of benzene rings is 1. The van der Waals surface area contributed by atoms with Gasteiger partial charge in [0.15, 0.2) is 15.5 Å². The Bertz CT molecular complexity index is 1770. The normalized spacial score (nSPS) is 17.4. The molecule has 43 heavy (non-hydrogen) atoms. The Hall–Kier alpha value is -4.04. The molecule has 0 spiro atoms. The average molecular weight is 642 g/mol. The van der Waals surface area contributed by atoms with Crippen molar-refractivity contribution in [3.63, 3.8) is 0 Å². The summed E-state index contributed by atoms with van der Waals surface area (Å²) in [5.74, 6) is 0.188. The molecule has 1 fully saturated rings. The molecule has 1 aromatic heterocycles. The fourth-order valence-corrected chi connectivity index (χ4v) is 7.38. The van der Waals surface area contributed by atoms with Gasteiger partial charge in [-0.15, -0.1) is 18.2 Å². The van der Waals surface area contributed by atoms with Crippen LogP contribution in [0.4, 0.5) is 0 Å². The topological polar surface area (TPSA) is 154 Å². The van der Waals surface area contributed by atoms with E-state index in [1.54, 1.807) is 17.0 Å². The zero-order valence-corrected chi connectivity index (χ0v) is 25.6. The summed E-state index contributed by atoms with van der Waals surface area (Å²) < 4.78 is 27.4. The second-order valence-corrected chi connectivity index (χ2v) is 13.4. The molecule has 224 valence electrons. The van der Waals surface area contributed by atoms with E-state index in [-0.39, 0.29) is 53.3 Å². The van der Waals surface area contributed by atoms with E-state index in [1.165, 1.54) is 28.2 Å². The number of likely N-dealkylation sites (tertiary alicyclic amines) is 1. The van der Waals surface area contributed by atoms with Crippen LogP contribution < -0.4 is 5.56 Å². The van der Waals surface area contributed by atoms with Crippen LogP contribution in [0.5, 0.6) is 5.75 Å². The van der Waals surface area contributed by atoms with Crippen molar-refractivity contribution in [1.29, 1.82) is 5.26 Å². The summed E-state index contributed by atoms with van der Waals surface area (Å²) in [6, 6.07) is 8.43. The number of halogens is 1. The predicted molar refractivity (Wildman–Crippen MR) is 162 cm³/mol. The van der Waals surface area contributed by atoms with Gasteiger partial charge in [0.1, 0.15) is 5.82 Å². The van der Waals surface area contributed by atoms with Gasteiger partial charge in [0.2, 0.25) is 11.7 Å². The van der Waals surface area contributed by atoms with Crippen LogP contribution in [0.2, 0.25) is 5.02 Å². The number of carbonyl (C=O) groups is 2. The summed E-state index contributed by atoms with van der Waals surface area (Å²) in [6.45, 7) is 1.81. The van der Waals surface area contributed by atoms with Gasteiger partial charge in [-0.1, -0.05) is 29.7 Å². The number of hydrogen-bond donors (Lipinski definition) is 1. The lowest BCUT2D eigenvalue weighted by Crippen LogP contribution is -2.46. The SMILES string of the molecule is C#C/C=C(\C=C(/C)C#N)S(=O)(=O)CCN1CCn2c([C@@H]3CCCN3C(=O)CSc3ccccc3Cl)nc(=O)c(O)c2C1=O. The first-order valence-electron chi connectivity index (χ1n) is 13.3. The molecule has 0 saturated carbocycles. The standard InChI is InChI=1S/C29H28ClN5O6S2/c1-3-7-20(16-19(2)17-31)43(40,41)15-14-33-12-13-35-25(29(33)39)26(37)28(38)32-27(35)22-9-6-11-34(22)24(36)18-42-23-10-5-4-8-21(23)30/h1,4-5,7-8,10,16,22,37H,6,9,11-15,18H2,2H3/b19-16+,20-7+/t22-/m0/s1. The Kier molecular flexibility index (Phi) is 10.0. The number of aromatic nitrogens is 2. The number of nitriles is 1. The second kappa shape index (κ2) is 13.5. The quantitative estimate of drug-likeness (QED) is 0.188. The number of allylic oxidation sites excluding steroid dienone is 3. The zero-order valence-electron chi connectivity index (χ0n) is 23.2. The number of aromatic hydroxyl groups is 1. The van der Waals surface area contributed by atoms with Crippen LogP contribution in [-0.4, -0.2) is 75.8 Å². The highest BCUT2D eigenvalue weighted by Gasteiger charge is 2.38. The Morgan fingerprint density at radius 2 is 2.02 bits per heavy atom. The minimum absolute atomic E-state index is 0.0720. The summed E-state index contributed by atoms with van der Waals surface area (Å²) in [7, 11) is -3.98. The molecule has 4 rings (SSSR count). The van der Waals surface area contributed by atoms with Crippen molar-refractivity contribution < 1.29 is 23.1 Å². The van der Waals surface area contributed by atoms with E-state index in [2.05, 4.69) is 10.9 Å². The van der Waals surface area contributed by atoms with Gasteiger partial charge in [0, 0.05) is 42.7 Å². The largest absolute Gasteiger partial charge is 0.501 e.